The van der Waals surface area contributed by atoms with Crippen LogP contribution in [0.2, 0.25) is 0 Å². The zero-order valence-electron chi connectivity index (χ0n) is 10.5. The Morgan fingerprint density at radius 1 is 1.47 bits per heavy atom. The lowest BCUT2D eigenvalue weighted by molar-refractivity contribution is 0.124. The van der Waals surface area contributed by atoms with Crippen molar-refractivity contribution in [1.29, 1.82) is 0 Å². The van der Waals surface area contributed by atoms with Gasteiger partial charge in [-0.25, -0.2) is 0 Å². The highest BCUT2D eigenvalue weighted by molar-refractivity contribution is 4.71. The molecule has 0 amide bonds. The van der Waals surface area contributed by atoms with Gasteiger partial charge < -0.3 is 15.0 Å². The molecular weight excluding hydrogens is 188 g/mol. The first-order valence-corrected chi connectivity index (χ1v) is 6.17. The van der Waals surface area contributed by atoms with Crippen molar-refractivity contribution in [1.82, 2.24) is 10.2 Å². The lowest BCUT2D eigenvalue weighted by Crippen LogP contribution is -2.40. The largest absolute Gasteiger partial charge is 0.384 e. The van der Waals surface area contributed by atoms with E-state index in [2.05, 4.69) is 24.1 Å². The van der Waals surface area contributed by atoms with E-state index in [9.17, 15) is 0 Å². The van der Waals surface area contributed by atoms with Gasteiger partial charge in [-0.3, -0.25) is 0 Å². The fourth-order valence-corrected chi connectivity index (χ4v) is 2.20. The van der Waals surface area contributed by atoms with Crippen LogP contribution in [0.3, 0.4) is 0 Å². The molecular formula is C12H26N2O. The summed E-state index contributed by atoms with van der Waals surface area (Å²) in [6, 6.07) is 0.672. The Labute approximate surface area is 94.2 Å². The van der Waals surface area contributed by atoms with Gasteiger partial charge >= 0.3 is 0 Å². The van der Waals surface area contributed by atoms with Crippen LogP contribution in [-0.4, -0.2) is 50.8 Å². The molecule has 2 atom stereocenters. The summed E-state index contributed by atoms with van der Waals surface area (Å²) in [6.45, 7) is 10.2. The van der Waals surface area contributed by atoms with Gasteiger partial charge in [0.25, 0.3) is 0 Å². The average molecular weight is 214 g/mol. The summed E-state index contributed by atoms with van der Waals surface area (Å²) in [6.07, 6.45) is 2.53. The molecule has 1 rings (SSSR count). The average Bonchev–Trinajstić information content (AvgIpc) is 2.17. The molecule has 1 saturated heterocycles. The molecule has 1 heterocycles. The third-order valence-electron chi connectivity index (χ3n) is 3.04. The number of nitrogens with zero attached hydrogens (tertiary/aromatic N) is 1. The Bertz CT molecular complexity index is 164. The Balaban J connectivity index is 2.26. The number of rotatable bonds is 4. The fourth-order valence-electron chi connectivity index (χ4n) is 2.20. The van der Waals surface area contributed by atoms with Crippen LogP contribution >= 0.6 is 0 Å². The summed E-state index contributed by atoms with van der Waals surface area (Å²) >= 11 is 0. The van der Waals surface area contributed by atoms with E-state index in [1.807, 2.05) is 0 Å². The van der Waals surface area contributed by atoms with Crippen molar-refractivity contribution in [3.8, 4) is 0 Å². The number of methoxy groups -OCH3 is 1. The molecule has 1 fully saturated rings. The van der Waals surface area contributed by atoms with Crippen LogP contribution < -0.4 is 5.32 Å². The number of hydrogen-bond donors (Lipinski definition) is 1. The molecule has 0 aromatic rings. The van der Waals surface area contributed by atoms with Gasteiger partial charge in [0.05, 0.1) is 0 Å². The molecule has 0 bridgehead atoms. The second-order valence-electron chi connectivity index (χ2n) is 4.86. The second kappa shape index (κ2) is 7.20. The quantitative estimate of drug-likeness (QED) is 0.764. The normalized spacial score (nSPS) is 27.0. The van der Waals surface area contributed by atoms with Crippen molar-refractivity contribution < 1.29 is 4.74 Å². The predicted octanol–water partition coefficient (Wildman–Crippen LogP) is 1.34. The first kappa shape index (κ1) is 12.9. The molecule has 15 heavy (non-hydrogen) atoms. The molecule has 0 aliphatic carbocycles. The first-order chi connectivity index (χ1) is 7.22. The van der Waals surface area contributed by atoms with Crippen molar-refractivity contribution in [2.45, 2.75) is 32.7 Å². The van der Waals surface area contributed by atoms with Crippen LogP contribution in [0.1, 0.15) is 26.7 Å². The minimum absolute atomic E-state index is 0.651. The summed E-state index contributed by atoms with van der Waals surface area (Å²) in [7, 11) is 1.79. The molecule has 90 valence electrons. The maximum Gasteiger partial charge on any atom is 0.0500 e. The van der Waals surface area contributed by atoms with Crippen molar-refractivity contribution in [2.24, 2.45) is 5.92 Å². The van der Waals surface area contributed by atoms with Gasteiger partial charge in [-0.2, -0.15) is 0 Å². The third-order valence-corrected chi connectivity index (χ3v) is 3.04. The van der Waals surface area contributed by atoms with E-state index >= 15 is 0 Å². The molecule has 3 nitrogen and oxygen atoms in total. The highest BCUT2D eigenvalue weighted by atomic mass is 16.5. The van der Waals surface area contributed by atoms with Crippen LogP contribution in [0.15, 0.2) is 0 Å². The van der Waals surface area contributed by atoms with E-state index in [0.29, 0.717) is 12.0 Å². The van der Waals surface area contributed by atoms with Crippen LogP contribution in [0.4, 0.5) is 0 Å². The molecule has 1 aliphatic rings. The zero-order valence-corrected chi connectivity index (χ0v) is 10.5. The highest BCUT2D eigenvalue weighted by Gasteiger charge is 2.13. The number of ether oxygens (including phenoxy) is 1. The SMILES string of the molecule is COCC(C)CN1CCCNC(C)CC1. The summed E-state index contributed by atoms with van der Waals surface area (Å²) in [4.78, 5) is 2.58. The van der Waals surface area contributed by atoms with Crippen LogP contribution in [0.5, 0.6) is 0 Å². The van der Waals surface area contributed by atoms with Gasteiger partial charge in [0.2, 0.25) is 0 Å². The highest BCUT2D eigenvalue weighted by Crippen LogP contribution is 2.06. The topological polar surface area (TPSA) is 24.5 Å². The molecule has 0 spiro atoms. The smallest absolute Gasteiger partial charge is 0.0500 e. The standard InChI is InChI=1S/C12H26N2O/c1-11(10-15-3)9-14-7-4-6-13-12(2)5-8-14/h11-13H,4-10H2,1-3H3. The maximum absolute atomic E-state index is 5.18. The van der Waals surface area contributed by atoms with Gasteiger partial charge in [-0.05, 0) is 45.3 Å². The van der Waals surface area contributed by atoms with E-state index in [0.717, 1.165) is 13.2 Å². The van der Waals surface area contributed by atoms with Crippen molar-refractivity contribution >= 4 is 0 Å². The Morgan fingerprint density at radius 3 is 3.00 bits per heavy atom. The lowest BCUT2D eigenvalue weighted by atomic mass is 10.1. The molecule has 1 aliphatic heterocycles. The second-order valence-corrected chi connectivity index (χ2v) is 4.86. The minimum Gasteiger partial charge on any atom is -0.384 e. The van der Waals surface area contributed by atoms with Gasteiger partial charge in [0.15, 0.2) is 0 Å². The molecule has 0 aromatic carbocycles. The predicted molar refractivity (Wildman–Crippen MR) is 64.2 cm³/mol. The fraction of sp³-hybridized carbons (Fsp3) is 1.00. The monoisotopic (exact) mass is 214 g/mol. The van der Waals surface area contributed by atoms with Crippen molar-refractivity contribution in [3.05, 3.63) is 0 Å². The van der Waals surface area contributed by atoms with Gasteiger partial charge in [-0.1, -0.05) is 6.92 Å². The third kappa shape index (κ3) is 5.50. The van der Waals surface area contributed by atoms with Crippen LogP contribution in [0.25, 0.3) is 0 Å². The molecule has 0 radical (unpaired) electrons. The van der Waals surface area contributed by atoms with Crippen molar-refractivity contribution in [3.63, 3.8) is 0 Å². The zero-order chi connectivity index (χ0) is 11.1. The summed E-state index contributed by atoms with van der Waals surface area (Å²) in [5.74, 6) is 0.651. The Morgan fingerprint density at radius 2 is 2.27 bits per heavy atom. The molecule has 0 aromatic heterocycles. The van der Waals surface area contributed by atoms with E-state index in [1.54, 1.807) is 7.11 Å². The number of hydrogen-bond acceptors (Lipinski definition) is 3. The lowest BCUT2D eigenvalue weighted by Gasteiger charge is -2.29. The van der Waals surface area contributed by atoms with Crippen molar-refractivity contribution in [2.75, 3.05) is 39.9 Å². The summed E-state index contributed by atoms with van der Waals surface area (Å²) in [5, 5.41) is 3.53. The maximum atomic E-state index is 5.18. The Kier molecular flexibility index (Phi) is 6.22. The molecule has 0 saturated carbocycles. The van der Waals surface area contributed by atoms with Gasteiger partial charge in [-0.15, -0.1) is 0 Å². The molecule has 1 N–H and O–H groups in total. The molecule has 2 unspecified atom stereocenters. The summed E-state index contributed by atoms with van der Waals surface area (Å²) in [5.41, 5.74) is 0. The van der Waals surface area contributed by atoms with Crippen LogP contribution in [0, 0.1) is 5.92 Å². The first-order valence-electron chi connectivity index (χ1n) is 6.17. The number of nitrogens with one attached hydrogen (secondary N) is 1. The van der Waals surface area contributed by atoms with E-state index in [-0.39, 0.29) is 0 Å². The Hall–Kier alpha value is -0.120. The molecule has 3 heteroatoms. The van der Waals surface area contributed by atoms with Crippen LogP contribution in [-0.2, 0) is 4.74 Å². The summed E-state index contributed by atoms with van der Waals surface area (Å²) < 4.78 is 5.18. The minimum atomic E-state index is 0.651. The van der Waals surface area contributed by atoms with E-state index in [1.165, 1.54) is 32.5 Å². The van der Waals surface area contributed by atoms with Gasteiger partial charge in [0.1, 0.15) is 0 Å². The van der Waals surface area contributed by atoms with E-state index < -0.39 is 0 Å². The van der Waals surface area contributed by atoms with E-state index in [4.69, 9.17) is 4.74 Å². The van der Waals surface area contributed by atoms with Gasteiger partial charge in [0, 0.05) is 26.3 Å².